The van der Waals surface area contributed by atoms with Crippen molar-refractivity contribution in [1.29, 1.82) is 0 Å². The first kappa shape index (κ1) is 22.8. The molecule has 1 N–H and O–H groups in total. The molecule has 35 heavy (non-hydrogen) atoms. The first-order valence-corrected chi connectivity index (χ1v) is 11.8. The number of hydrogen-bond donors (Lipinski definition) is 1. The van der Waals surface area contributed by atoms with E-state index < -0.39 is 6.04 Å². The molecule has 2 aliphatic rings. The van der Waals surface area contributed by atoms with Gasteiger partial charge in [-0.3, -0.25) is 9.59 Å². The number of nitrogens with zero attached hydrogens (tertiary/aromatic N) is 1. The van der Waals surface area contributed by atoms with Crippen molar-refractivity contribution in [1.82, 2.24) is 10.2 Å². The fourth-order valence-electron chi connectivity index (χ4n) is 4.67. The number of rotatable bonds is 8. The molecule has 0 bridgehead atoms. The fraction of sp³-hybridized carbons (Fsp3) is 0.333. The van der Waals surface area contributed by atoms with Crippen LogP contribution in [0.25, 0.3) is 0 Å². The second kappa shape index (κ2) is 10.1. The summed E-state index contributed by atoms with van der Waals surface area (Å²) in [5.41, 5.74) is 1.49. The van der Waals surface area contributed by atoms with Gasteiger partial charge in [0.25, 0.3) is 5.91 Å². The molecule has 1 fully saturated rings. The monoisotopic (exact) mass is 476 g/mol. The quantitative estimate of drug-likeness (QED) is 0.516. The van der Waals surface area contributed by atoms with Gasteiger partial charge in [0.2, 0.25) is 12.7 Å². The molecular formula is C27H28N2O6. The van der Waals surface area contributed by atoms with E-state index in [1.165, 1.54) is 6.26 Å². The highest BCUT2D eigenvalue weighted by atomic mass is 16.7. The van der Waals surface area contributed by atoms with E-state index in [-0.39, 0.29) is 37.0 Å². The van der Waals surface area contributed by atoms with Crippen LogP contribution in [-0.4, -0.2) is 36.7 Å². The maximum absolute atomic E-state index is 13.7. The zero-order chi connectivity index (χ0) is 24.2. The molecule has 8 heteroatoms. The Labute approximate surface area is 203 Å². The van der Waals surface area contributed by atoms with Crippen LogP contribution in [0.3, 0.4) is 0 Å². The number of benzene rings is 2. The maximum Gasteiger partial charge on any atom is 0.290 e. The van der Waals surface area contributed by atoms with Gasteiger partial charge in [0.05, 0.1) is 13.4 Å². The zero-order valence-corrected chi connectivity index (χ0v) is 19.6. The van der Waals surface area contributed by atoms with Gasteiger partial charge in [0.15, 0.2) is 17.3 Å². The molecule has 5 rings (SSSR count). The number of ether oxygens (including phenoxy) is 3. The number of furan rings is 1. The summed E-state index contributed by atoms with van der Waals surface area (Å²) < 4.78 is 21.7. The topological polar surface area (TPSA) is 90.2 Å². The third kappa shape index (κ3) is 4.96. The van der Waals surface area contributed by atoms with Crippen molar-refractivity contribution in [2.45, 2.75) is 44.3 Å². The van der Waals surface area contributed by atoms with Gasteiger partial charge in [0.1, 0.15) is 11.8 Å². The second-order valence-electron chi connectivity index (χ2n) is 8.76. The van der Waals surface area contributed by atoms with E-state index >= 15 is 0 Å². The Morgan fingerprint density at radius 3 is 2.54 bits per heavy atom. The molecule has 1 aliphatic carbocycles. The summed E-state index contributed by atoms with van der Waals surface area (Å²) in [5.74, 6) is 1.51. The number of methoxy groups -OCH3 is 1. The van der Waals surface area contributed by atoms with E-state index in [1.807, 2.05) is 30.3 Å². The molecule has 8 nitrogen and oxygen atoms in total. The summed E-state index contributed by atoms with van der Waals surface area (Å²) in [6.07, 6.45) is 5.51. The van der Waals surface area contributed by atoms with Crippen LogP contribution in [0.15, 0.2) is 65.3 Å². The van der Waals surface area contributed by atoms with Gasteiger partial charge >= 0.3 is 0 Å². The zero-order valence-electron chi connectivity index (χ0n) is 19.6. The van der Waals surface area contributed by atoms with Crippen molar-refractivity contribution in [3.63, 3.8) is 0 Å². The Morgan fingerprint density at radius 1 is 1.06 bits per heavy atom. The predicted molar refractivity (Wildman–Crippen MR) is 127 cm³/mol. The number of hydrogen-bond acceptors (Lipinski definition) is 6. The standard InChI is InChI=1S/C27H28N2O6/c1-32-21-11-9-19(10-12-21)25(26(30)28-20-5-2-3-6-20)29(27(31)23-7-4-14-33-23)16-18-8-13-22-24(15-18)35-17-34-22/h4,7-15,20,25H,2-3,5-6,16-17H2,1H3,(H,28,30)/t25-/m0/s1. The molecule has 2 amide bonds. The van der Waals surface area contributed by atoms with Gasteiger partial charge in [0, 0.05) is 12.6 Å². The van der Waals surface area contributed by atoms with Crippen LogP contribution < -0.4 is 19.5 Å². The second-order valence-corrected chi connectivity index (χ2v) is 8.76. The van der Waals surface area contributed by atoms with Crippen molar-refractivity contribution < 1.29 is 28.2 Å². The molecule has 1 aromatic heterocycles. The summed E-state index contributed by atoms with van der Waals surface area (Å²) in [7, 11) is 1.59. The van der Waals surface area contributed by atoms with Gasteiger partial charge in [-0.25, -0.2) is 0 Å². The lowest BCUT2D eigenvalue weighted by Gasteiger charge is -2.32. The Bertz CT molecular complexity index is 1170. The molecule has 0 spiro atoms. The summed E-state index contributed by atoms with van der Waals surface area (Å²) in [4.78, 5) is 29.0. The Kier molecular flexibility index (Phi) is 6.61. The largest absolute Gasteiger partial charge is 0.497 e. The van der Waals surface area contributed by atoms with Crippen molar-refractivity contribution in [2.24, 2.45) is 0 Å². The van der Waals surface area contributed by atoms with E-state index in [1.54, 1.807) is 36.3 Å². The van der Waals surface area contributed by atoms with E-state index in [2.05, 4.69) is 5.32 Å². The van der Waals surface area contributed by atoms with Crippen molar-refractivity contribution in [3.05, 3.63) is 77.7 Å². The molecular weight excluding hydrogens is 448 g/mol. The maximum atomic E-state index is 13.7. The normalized spacial score (nSPS) is 15.6. The smallest absolute Gasteiger partial charge is 0.290 e. The average Bonchev–Trinajstić information content (AvgIpc) is 3.66. The van der Waals surface area contributed by atoms with Crippen LogP contribution in [0, 0.1) is 0 Å². The van der Waals surface area contributed by atoms with Gasteiger partial charge in [-0.2, -0.15) is 0 Å². The highest BCUT2D eigenvalue weighted by molar-refractivity contribution is 5.96. The van der Waals surface area contributed by atoms with Crippen LogP contribution in [0.1, 0.15) is 53.4 Å². The number of nitrogens with one attached hydrogen (secondary N) is 1. The minimum Gasteiger partial charge on any atom is -0.497 e. The van der Waals surface area contributed by atoms with Crippen LogP contribution in [0.5, 0.6) is 17.2 Å². The number of amides is 2. The Balaban J connectivity index is 1.53. The van der Waals surface area contributed by atoms with Crippen LogP contribution in [-0.2, 0) is 11.3 Å². The minimum atomic E-state index is -0.871. The lowest BCUT2D eigenvalue weighted by molar-refractivity contribution is -0.126. The summed E-state index contributed by atoms with van der Waals surface area (Å²) >= 11 is 0. The first-order valence-electron chi connectivity index (χ1n) is 11.8. The lowest BCUT2D eigenvalue weighted by Crippen LogP contribution is -2.45. The van der Waals surface area contributed by atoms with Crippen molar-refractivity contribution in [2.75, 3.05) is 13.9 Å². The number of fused-ring (bicyclic) bond motifs is 1. The molecule has 0 saturated heterocycles. The number of carbonyl (C=O) groups excluding carboxylic acids is 2. The summed E-state index contributed by atoms with van der Waals surface area (Å²) in [6, 6.07) is 15.2. The molecule has 1 saturated carbocycles. The molecule has 2 aromatic carbocycles. The lowest BCUT2D eigenvalue weighted by atomic mass is 10.0. The molecule has 0 unspecified atom stereocenters. The van der Waals surface area contributed by atoms with Gasteiger partial charge in [-0.1, -0.05) is 31.0 Å². The first-order chi connectivity index (χ1) is 17.1. The van der Waals surface area contributed by atoms with E-state index in [9.17, 15) is 9.59 Å². The third-order valence-electron chi connectivity index (χ3n) is 6.48. The highest BCUT2D eigenvalue weighted by Crippen LogP contribution is 2.34. The third-order valence-corrected chi connectivity index (χ3v) is 6.48. The molecule has 1 aliphatic heterocycles. The van der Waals surface area contributed by atoms with Gasteiger partial charge in [-0.05, 0) is 60.4 Å². The Morgan fingerprint density at radius 2 is 1.83 bits per heavy atom. The van der Waals surface area contributed by atoms with E-state index in [0.717, 1.165) is 31.2 Å². The van der Waals surface area contributed by atoms with E-state index in [4.69, 9.17) is 18.6 Å². The van der Waals surface area contributed by atoms with Crippen LogP contribution in [0.4, 0.5) is 0 Å². The van der Waals surface area contributed by atoms with Crippen LogP contribution >= 0.6 is 0 Å². The molecule has 182 valence electrons. The van der Waals surface area contributed by atoms with Crippen molar-refractivity contribution >= 4 is 11.8 Å². The summed E-state index contributed by atoms with van der Waals surface area (Å²) in [5, 5.41) is 3.17. The molecule has 1 atom stereocenters. The van der Waals surface area contributed by atoms with Gasteiger partial charge < -0.3 is 28.8 Å². The molecule has 3 aromatic rings. The SMILES string of the molecule is COc1ccc([C@@H](C(=O)NC2CCCC2)N(Cc2ccc3c(c2)OCO3)C(=O)c2ccco2)cc1. The summed E-state index contributed by atoms with van der Waals surface area (Å²) in [6.45, 7) is 0.330. The average molecular weight is 477 g/mol. The molecule has 2 heterocycles. The van der Waals surface area contributed by atoms with Crippen LogP contribution in [0.2, 0.25) is 0 Å². The van der Waals surface area contributed by atoms with Gasteiger partial charge in [-0.15, -0.1) is 0 Å². The molecule has 0 radical (unpaired) electrons. The Hall–Kier alpha value is -3.94. The van der Waals surface area contributed by atoms with E-state index in [0.29, 0.717) is 22.8 Å². The number of carbonyl (C=O) groups is 2. The highest BCUT2D eigenvalue weighted by Gasteiger charge is 2.35. The predicted octanol–water partition coefficient (Wildman–Crippen LogP) is 4.46. The fourth-order valence-corrected chi connectivity index (χ4v) is 4.67. The van der Waals surface area contributed by atoms with Crippen molar-refractivity contribution in [3.8, 4) is 17.2 Å². The minimum absolute atomic E-state index is 0.106.